The number of fused-ring (bicyclic) bond motifs is 10. The Morgan fingerprint density at radius 2 is 0.696 bits per heavy atom. The minimum absolute atomic E-state index is 0.106. The second-order valence-electron chi connectivity index (χ2n) is 17.4. The molecule has 0 bridgehead atoms. The molecule has 69 heavy (non-hydrogen) atoms. The fourth-order valence-electron chi connectivity index (χ4n) is 10.8. The van der Waals surface area contributed by atoms with E-state index in [0.29, 0.717) is 0 Å². The lowest BCUT2D eigenvalue weighted by Crippen LogP contribution is -2.15. The first-order chi connectivity index (χ1) is 35.8. The molecule has 1 aliphatic carbocycles. The van der Waals surface area contributed by atoms with Gasteiger partial charge in [0.1, 0.15) is 23.0 Å². The maximum Gasteiger partial charge on any atom is 0.135 e. The Morgan fingerprint density at radius 3 is 1.19 bits per heavy atom. The number of benzene rings is 11. The Bertz CT molecular complexity index is 3820. The van der Waals surface area contributed by atoms with Crippen molar-refractivity contribution in [2.45, 2.75) is 34.2 Å². The van der Waals surface area contributed by atoms with Crippen molar-refractivity contribution in [2.75, 3.05) is 0 Å². The summed E-state index contributed by atoms with van der Waals surface area (Å²) in [5.74, 6) is 1.28. The number of rotatable bonds is 4. The Hall–Kier alpha value is -8.46. The second kappa shape index (κ2) is 18.3. The summed E-state index contributed by atoms with van der Waals surface area (Å²) in [6.07, 6.45) is 8.73. The van der Waals surface area contributed by atoms with Crippen molar-refractivity contribution in [3.8, 4) is 50.3 Å². The van der Waals surface area contributed by atoms with E-state index >= 15 is 0 Å². The van der Waals surface area contributed by atoms with Crippen LogP contribution in [0.25, 0.3) is 110 Å². The minimum atomic E-state index is 0.106. The lowest BCUT2D eigenvalue weighted by molar-refractivity contribution is 0.269. The molecule has 0 saturated heterocycles. The van der Waals surface area contributed by atoms with Gasteiger partial charge in [-0.15, -0.1) is 0 Å². The largest absolute Gasteiger partial charge is 0.485 e. The van der Waals surface area contributed by atoms with E-state index in [1.165, 1.54) is 115 Å². The number of allylic oxidation sites excluding steroid dienone is 2. The third kappa shape index (κ3) is 7.37. The molecule has 334 valence electrons. The Morgan fingerprint density at radius 1 is 0.319 bits per heavy atom. The van der Waals surface area contributed by atoms with Crippen LogP contribution in [-0.2, 0) is 0 Å². The summed E-state index contributed by atoms with van der Waals surface area (Å²) in [6.45, 7) is 0. The average molecular weight is 894 g/mol. The molecule has 2 atom stereocenters. The molecule has 0 saturated carbocycles. The van der Waals surface area contributed by atoms with Crippen molar-refractivity contribution in [3.05, 3.63) is 248 Å². The fourth-order valence-corrected chi connectivity index (χ4v) is 10.8. The number of para-hydroxylation sites is 1. The predicted molar refractivity (Wildman–Crippen MR) is 298 cm³/mol. The predicted octanol–water partition coefficient (Wildman–Crippen LogP) is 19.4. The van der Waals surface area contributed by atoms with Crippen molar-refractivity contribution in [1.29, 1.82) is 0 Å². The van der Waals surface area contributed by atoms with Crippen LogP contribution in [0.5, 0.6) is 5.75 Å². The van der Waals surface area contributed by atoms with Crippen molar-refractivity contribution in [1.82, 2.24) is 0 Å². The molecule has 2 heterocycles. The summed E-state index contributed by atoms with van der Waals surface area (Å²) >= 11 is 0. The molecular weight excluding hydrogens is 837 g/mol. The van der Waals surface area contributed by atoms with Crippen LogP contribution in [0.2, 0.25) is 0 Å². The molecule has 2 aliphatic rings. The van der Waals surface area contributed by atoms with Crippen LogP contribution in [0.1, 0.15) is 37.8 Å². The first-order valence-corrected chi connectivity index (χ1v) is 22.8. The van der Waals surface area contributed by atoms with E-state index in [1.807, 2.05) is 12.1 Å². The highest BCUT2D eigenvalue weighted by molar-refractivity contribution is 6.23. The van der Waals surface area contributed by atoms with Crippen LogP contribution in [0, 0.1) is 0 Å². The van der Waals surface area contributed by atoms with Crippen molar-refractivity contribution in [3.63, 3.8) is 0 Å². The number of hydrogen-bond acceptors (Lipinski definition) is 2. The zero-order chi connectivity index (χ0) is 49.6. The number of hydrogen-bond donors (Lipinski definition) is 0. The third-order valence-corrected chi connectivity index (χ3v) is 13.7. The summed E-state index contributed by atoms with van der Waals surface area (Å²) in [5.41, 5.74) is 13.2. The Labute approximate surface area is 409 Å². The van der Waals surface area contributed by atoms with Gasteiger partial charge in [0, 0.05) is 26.4 Å². The molecule has 0 radical (unpaired) electrons. The average Bonchev–Trinajstić information content (AvgIpc) is 4.04. The minimum Gasteiger partial charge on any atom is -0.485 e. The van der Waals surface area contributed by atoms with E-state index in [1.54, 1.807) is 0 Å². The molecule has 2 heteroatoms. The van der Waals surface area contributed by atoms with Gasteiger partial charge in [-0.05, 0) is 124 Å². The van der Waals surface area contributed by atoms with Crippen molar-refractivity contribution >= 4 is 65.0 Å². The van der Waals surface area contributed by atoms with Gasteiger partial charge in [-0.2, -0.15) is 0 Å². The third-order valence-electron chi connectivity index (χ3n) is 13.7. The summed E-state index contributed by atoms with van der Waals surface area (Å²) in [5, 5.41) is 12.5. The van der Waals surface area contributed by atoms with E-state index in [0.717, 1.165) is 27.7 Å². The van der Waals surface area contributed by atoms with Crippen LogP contribution < -0.4 is 4.74 Å². The lowest BCUT2D eigenvalue weighted by atomic mass is 9.84. The lowest BCUT2D eigenvalue weighted by Gasteiger charge is -2.18. The standard InChI is InChI=1S/C32H22O.C32H20O.3CH4/c2*1-2-10-21(11-3-1)31-24-13-4-6-15-26(24)32(27-16-7-5-14-25(27)31)22-18-19-30-28(20-22)23-12-8-9-17-29(23)33-30;;;/h1-20,23,29H;1-20H;3*1H4/i;;3*1D. The summed E-state index contributed by atoms with van der Waals surface area (Å²) in [6, 6.07) is 78.2. The van der Waals surface area contributed by atoms with Crippen molar-refractivity contribution < 1.29 is 13.3 Å². The molecule has 2 nitrogen and oxygen atoms in total. The molecule has 0 amide bonds. The quantitative estimate of drug-likeness (QED) is 0.164. The second-order valence-corrected chi connectivity index (χ2v) is 17.4. The van der Waals surface area contributed by atoms with E-state index < -0.39 is 0 Å². The van der Waals surface area contributed by atoms with Crippen LogP contribution in [-0.4, -0.2) is 6.10 Å². The Balaban J connectivity index is 0.000000150. The highest BCUT2D eigenvalue weighted by Gasteiger charge is 2.32. The number of furan rings is 1. The summed E-state index contributed by atoms with van der Waals surface area (Å²) in [4.78, 5) is 0. The molecule has 0 spiro atoms. The van der Waals surface area contributed by atoms with Crippen LogP contribution in [0.3, 0.4) is 0 Å². The van der Waals surface area contributed by atoms with Crippen LogP contribution in [0.4, 0.5) is 0 Å². The van der Waals surface area contributed by atoms with Crippen LogP contribution in [0.15, 0.2) is 247 Å². The monoisotopic (exact) mass is 893 g/mol. The molecular formula is C67H54O2. The molecule has 11 aromatic carbocycles. The highest BCUT2D eigenvalue weighted by Crippen LogP contribution is 2.48. The first kappa shape index (κ1) is 40.8. The molecule has 0 N–H and O–H groups in total. The molecule has 2 unspecified atom stereocenters. The van der Waals surface area contributed by atoms with Gasteiger partial charge in [-0.1, -0.05) is 228 Å². The van der Waals surface area contributed by atoms with E-state index in [2.05, 4.69) is 231 Å². The summed E-state index contributed by atoms with van der Waals surface area (Å²) in [7, 11) is 3.75. The van der Waals surface area contributed by atoms with Gasteiger partial charge in [-0.3, -0.25) is 0 Å². The van der Waals surface area contributed by atoms with Crippen molar-refractivity contribution in [2.24, 2.45) is 0 Å². The Kier molecular flexibility index (Phi) is 10.8. The van der Waals surface area contributed by atoms with Gasteiger partial charge in [0.2, 0.25) is 0 Å². The molecule has 0 fully saturated rings. The van der Waals surface area contributed by atoms with Gasteiger partial charge in [0.25, 0.3) is 0 Å². The highest BCUT2D eigenvalue weighted by atomic mass is 16.5. The maximum atomic E-state index is 6.22. The van der Waals surface area contributed by atoms with E-state index in [4.69, 9.17) is 13.3 Å². The zero-order valence-electron chi connectivity index (χ0n) is 42.1. The summed E-state index contributed by atoms with van der Waals surface area (Å²) < 4.78 is 29.6. The van der Waals surface area contributed by atoms with Crippen LogP contribution >= 0.6 is 0 Å². The maximum absolute atomic E-state index is 6.22. The van der Waals surface area contributed by atoms with Gasteiger partial charge in [0.15, 0.2) is 0 Å². The molecule has 1 aromatic heterocycles. The number of ether oxygens (including phenoxy) is 1. The van der Waals surface area contributed by atoms with Gasteiger partial charge < -0.3 is 9.15 Å². The molecule has 1 aliphatic heterocycles. The normalized spacial score (nSPS) is 14.6. The fraction of sp³-hybridized carbons (Fsp3) is 0.0746. The topological polar surface area (TPSA) is 22.4 Å². The van der Waals surface area contributed by atoms with Gasteiger partial charge >= 0.3 is 0 Å². The van der Waals surface area contributed by atoms with E-state index in [9.17, 15) is 0 Å². The first-order valence-electron chi connectivity index (χ1n) is 25.8. The van der Waals surface area contributed by atoms with Gasteiger partial charge in [-0.25, -0.2) is 0 Å². The smallest absolute Gasteiger partial charge is 0.135 e. The van der Waals surface area contributed by atoms with E-state index in [-0.39, 0.29) is 12.0 Å². The SMILES string of the molecule is C1=CC2Oc3ccc(-c4c5ccccc5c(-c5ccccc5)c5ccccc45)cc3C2C=C1.[2H]C.[2H]C.[2H]C.c1ccc(-c2c3ccccc3c(-c3ccc4oc5ccccc5c4c3)c3ccccc23)cc1. The molecule has 12 aromatic rings. The molecule has 14 rings (SSSR count). The zero-order valence-corrected chi connectivity index (χ0v) is 39.1. The van der Waals surface area contributed by atoms with Gasteiger partial charge in [0.05, 0.1) is 0 Å².